The van der Waals surface area contributed by atoms with Crippen LogP contribution in [0.2, 0.25) is 0 Å². The van der Waals surface area contributed by atoms with Gasteiger partial charge in [-0.2, -0.15) is 5.26 Å². The molecule has 2 N–H and O–H groups in total. The monoisotopic (exact) mass is 325 g/mol. The van der Waals surface area contributed by atoms with Gasteiger partial charge in [-0.15, -0.1) is 0 Å². The number of nitriles is 1. The first-order chi connectivity index (χ1) is 11.5. The number of anilines is 1. The van der Waals surface area contributed by atoms with Crippen LogP contribution >= 0.6 is 0 Å². The summed E-state index contributed by atoms with van der Waals surface area (Å²) in [5.74, 6) is -0.203. The zero-order valence-electron chi connectivity index (χ0n) is 13.7. The number of amides is 1. The molecule has 0 aliphatic heterocycles. The first-order valence-electron chi connectivity index (χ1n) is 7.78. The highest BCUT2D eigenvalue weighted by Crippen LogP contribution is 2.21. The molecule has 1 atom stereocenters. The van der Waals surface area contributed by atoms with Crippen molar-refractivity contribution in [2.45, 2.75) is 19.9 Å². The second kappa shape index (κ2) is 8.23. The van der Waals surface area contributed by atoms with E-state index >= 15 is 0 Å². The lowest BCUT2D eigenvalue weighted by atomic mass is 9.96. The predicted molar refractivity (Wildman–Crippen MR) is 91.8 cm³/mol. The quantitative estimate of drug-likeness (QED) is 0.852. The van der Waals surface area contributed by atoms with Gasteiger partial charge in [0.05, 0.1) is 18.2 Å². The Bertz CT molecular complexity index is 718. The van der Waals surface area contributed by atoms with Gasteiger partial charge in [0.2, 0.25) is 5.91 Å². The van der Waals surface area contributed by atoms with Crippen molar-refractivity contribution in [3.8, 4) is 6.07 Å². The van der Waals surface area contributed by atoms with Gasteiger partial charge in [-0.3, -0.25) is 4.79 Å². The summed E-state index contributed by atoms with van der Waals surface area (Å²) in [6, 6.07) is 15.0. The number of hydrogen-bond donors (Lipinski definition) is 2. The number of nitrogens with one attached hydrogen (secondary N) is 2. The SMILES string of the molecule is CC(C)[C@@H](NCC(=O)Nc1ccc(C#N)cc1)c1ccc(F)cc1. The van der Waals surface area contributed by atoms with Gasteiger partial charge in [-0.05, 0) is 47.9 Å². The topological polar surface area (TPSA) is 64.9 Å². The third kappa shape index (κ3) is 4.90. The summed E-state index contributed by atoms with van der Waals surface area (Å²) in [5.41, 5.74) is 2.13. The van der Waals surface area contributed by atoms with E-state index in [1.807, 2.05) is 19.9 Å². The zero-order chi connectivity index (χ0) is 17.5. The van der Waals surface area contributed by atoms with E-state index in [-0.39, 0.29) is 30.2 Å². The molecule has 4 nitrogen and oxygen atoms in total. The van der Waals surface area contributed by atoms with E-state index in [1.54, 1.807) is 36.4 Å². The molecule has 1 amide bonds. The normalized spacial score (nSPS) is 11.8. The highest BCUT2D eigenvalue weighted by molar-refractivity contribution is 5.92. The van der Waals surface area contributed by atoms with Gasteiger partial charge in [0.1, 0.15) is 5.82 Å². The second-order valence-corrected chi connectivity index (χ2v) is 5.89. The van der Waals surface area contributed by atoms with E-state index in [1.165, 1.54) is 12.1 Å². The Morgan fingerprint density at radius 2 is 1.75 bits per heavy atom. The molecule has 0 saturated carbocycles. The predicted octanol–water partition coefficient (Wildman–Crippen LogP) is 3.62. The number of rotatable bonds is 6. The maximum Gasteiger partial charge on any atom is 0.238 e. The average Bonchev–Trinajstić information content (AvgIpc) is 2.57. The summed E-state index contributed by atoms with van der Waals surface area (Å²) >= 11 is 0. The van der Waals surface area contributed by atoms with Gasteiger partial charge in [0.15, 0.2) is 0 Å². The van der Waals surface area contributed by atoms with Crippen molar-refractivity contribution in [1.29, 1.82) is 5.26 Å². The number of nitrogens with zero attached hydrogens (tertiary/aromatic N) is 1. The molecule has 0 saturated heterocycles. The Morgan fingerprint density at radius 3 is 2.29 bits per heavy atom. The van der Waals surface area contributed by atoms with Crippen molar-refractivity contribution in [2.24, 2.45) is 5.92 Å². The molecule has 0 spiro atoms. The first-order valence-corrected chi connectivity index (χ1v) is 7.78. The van der Waals surface area contributed by atoms with Gasteiger partial charge in [-0.1, -0.05) is 26.0 Å². The van der Waals surface area contributed by atoms with Crippen molar-refractivity contribution in [2.75, 3.05) is 11.9 Å². The van der Waals surface area contributed by atoms with E-state index in [4.69, 9.17) is 5.26 Å². The van der Waals surface area contributed by atoms with E-state index in [2.05, 4.69) is 10.6 Å². The van der Waals surface area contributed by atoms with Crippen LogP contribution in [-0.2, 0) is 4.79 Å². The summed E-state index contributed by atoms with van der Waals surface area (Å²) in [6.45, 7) is 4.22. The lowest BCUT2D eigenvalue weighted by Gasteiger charge is -2.22. The molecule has 0 aromatic heterocycles. The molecular formula is C19H20FN3O. The van der Waals surface area contributed by atoms with Crippen molar-refractivity contribution in [1.82, 2.24) is 5.32 Å². The van der Waals surface area contributed by atoms with Crippen molar-refractivity contribution < 1.29 is 9.18 Å². The first kappa shape index (κ1) is 17.6. The molecule has 0 aliphatic carbocycles. The van der Waals surface area contributed by atoms with Crippen LogP contribution in [0.3, 0.4) is 0 Å². The fraction of sp³-hybridized carbons (Fsp3) is 0.263. The Hall–Kier alpha value is -2.71. The van der Waals surface area contributed by atoms with E-state index in [0.717, 1.165) is 5.56 Å². The second-order valence-electron chi connectivity index (χ2n) is 5.89. The molecule has 0 heterocycles. The highest BCUT2D eigenvalue weighted by atomic mass is 19.1. The average molecular weight is 325 g/mol. The molecule has 2 rings (SSSR count). The molecule has 0 fully saturated rings. The van der Waals surface area contributed by atoms with Crippen LogP contribution in [0.5, 0.6) is 0 Å². The number of carbonyl (C=O) groups is 1. The summed E-state index contributed by atoms with van der Waals surface area (Å²) < 4.78 is 13.1. The van der Waals surface area contributed by atoms with Crippen LogP contribution in [0, 0.1) is 23.1 Å². The number of benzene rings is 2. The van der Waals surface area contributed by atoms with Crippen LogP contribution in [0.15, 0.2) is 48.5 Å². The van der Waals surface area contributed by atoms with Gasteiger partial charge in [0.25, 0.3) is 0 Å². The molecule has 2 aromatic carbocycles. The van der Waals surface area contributed by atoms with Crippen LogP contribution in [0.4, 0.5) is 10.1 Å². The molecule has 0 radical (unpaired) electrons. The number of carbonyl (C=O) groups excluding carboxylic acids is 1. The highest BCUT2D eigenvalue weighted by Gasteiger charge is 2.16. The summed E-state index contributed by atoms with van der Waals surface area (Å²) in [6.07, 6.45) is 0. The lowest BCUT2D eigenvalue weighted by molar-refractivity contribution is -0.115. The van der Waals surface area contributed by atoms with Gasteiger partial charge >= 0.3 is 0 Å². The largest absolute Gasteiger partial charge is 0.325 e. The zero-order valence-corrected chi connectivity index (χ0v) is 13.7. The van der Waals surface area contributed by atoms with Gasteiger partial charge in [0, 0.05) is 11.7 Å². The van der Waals surface area contributed by atoms with Crippen molar-refractivity contribution >= 4 is 11.6 Å². The molecule has 5 heteroatoms. The van der Waals surface area contributed by atoms with E-state index < -0.39 is 0 Å². The van der Waals surface area contributed by atoms with Gasteiger partial charge < -0.3 is 10.6 Å². The van der Waals surface area contributed by atoms with Crippen molar-refractivity contribution in [3.05, 3.63) is 65.5 Å². The Balaban J connectivity index is 1.94. The van der Waals surface area contributed by atoms with Crippen LogP contribution < -0.4 is 10.6 Å². The summed E-state index contributed by atoms with van der Waals surface area (Å²) in [4.78, 5) is 12.1. The third-order valence-electron chi connectivity index (χ3n) is 3.68. The molecule has 0 unspecified atom stereocenters. The maximum absolute atomic E-state index is 13.1. The minimum absolute atomic E-state index is 0.0442. The molecule has 2 aromatic rings. The van der Waals surface area contributed by atoms with Crippen molar-refractivity contribution in [3.63, 3.8) is 0 Å². The number of halogens is 1. The van der Waals surface area contributed by atoms with Gasteiger partial charge in [-0.25, -0.2) is 4.39 Å². The fourth-order valence-corrected chi connectivity index (χ4v) is 2.44. The third-order valence-corrected chi connectivity index (χ3v) is 3.68. The Labute approximate surface area is 141 Å². The maximum atomic E-state index is 13.1. The Kier molecular flexibility index (Phi) is 6.05. The molecule has 0 bridgehead atoms. The smallest absolute Gasteiger partial charge is 0.238 e. The van der Waals surface area contributed by atoms with Crippen LogP contribution in [-0.4, -0.2) is 12.5 Å². The molecule has 124 valence electrons. The summed E-state index contributed by atoms with van der Waals surface area (Å²) in [5, 5.41) is 14.8. The Morgan fingerprint density at radius 1 is 1.12 bits per heavy atom. The van der Waals surface area contributed by atoms with Crippen LogP contribution in [0.25, 0.3) is 0 Å². The standard InChI is InChI=1S/C19H20FN3O/c1-13(2)19(15-5-7-16(20)8-6-15)22-12-18(24)23-17-9-3-14(11-21)4-10-17/h3-10,13,19,22H,12H2,1-2H3,(H,23,24)/t19-/m1/s1. The van der Waals surface area contributed by atoms with E-state index in [0.29, 0.717) is 11.3 Å². The number of hydrogen-bond acceptors (Lipinski definition) is 3. The molecule has 24 heavy (non-hydrogen) atoms. The molecular weight excluding hydrogens is 305 g/mol. The minimum atomic E-state index is -0.278. The van der Waals surface area contributed by atoms with Crippen LogP contribution in [0.1, 0.15) is 31.0 Å². The fourth-order valence-electron chi connectivity index (χ4n) is 2.44. The minimum Gasteiger partial charge on any atom is -0.325 e. The molecule has 0 aliphatic rings. The lowest BCUT2D eigenvalue weighted by Crippen LogP contribution is -2.33. The summed E-state index contributed by atoms with van der Waals surface area (Å²) in [7, 11) is 0. The van der Waals surface area contributed by atoms with E-state index in [9.17, 15) is 9.18 Å².